The van der Waals surface area contributed by atoms with Crippen molar-refractivity contribution in [3.63, 3.8) is 0 Å². The first-order valence-electron chi connectivity index (χ1n) is 8.42. The van der Waals surface area contributed by atoms with Crippen LogP contribution in [-0.2, 0) is 23.8 Å². The van der Waals surface area contributed by atoms with E-state index in [0.717, 1.165) is 24.8 Å². The van der Waals surface area contributed by atoms with Crippen molar-refractivity contribution in [2.24, 2.45) is 5.41 Å². The van der Waals surface area contributed by atoms with Gasteiger partial charge >= 0.3 is 0 Å². The average Bonchev–Trinajstić information content (AvgIpc) is 2.52. The Morgan fingerprint density at radius 1 is 1.21 bits per heavy atom. The van der Waals surface area contributed by atoms with E-state index in [1.54, 1.807) is 24.3 Å². The third-order valence-corrected chi connectivity index (χ3v) is 5.40. The number of ether oxygens (including phenoxy) is 2. The van der Waals surface area contributed by atoms with Gasteiger partial charge in [0.1, 0.15) is 0 Å². The summed E-state index contributed by atoms with van der Waals surface area (Å²) in [6.07, 6.45) is 2.27. The maximum absolute atomic E-state index is 12.4. The molecule has 2 atom stereocenters. The summed E-state index contributed by atoms with van der Waals surface area (Å²) in [5.41, 5.74) is 0.739. The highest BCUT2D eigenvalue weighted by molar-refractivity contribution is 7.86. The Kier molecular flexibility index (Phi) is 6.42. The highest BCUT2D eigenvalue weighted by Crippen LogP contribution is 2.27. The number of benzene rings is 1. The fourth-order valence-corrected chi connectivity index (χ4v) is 3.33. The van der Waals surface area contributed by atoms with Gasteiger partial charge in [0.05, 0.1) is 17.6 Å². The molecule has 0 radical (unpaired) electrons. The highest BCUT2D eigenvalue weighted by atomic mass is 32.2. The Morgan fingerprint density at radius 3 is 2.42 bits per heavy atom. The monoisotopic (exact) mass is 356 g/mol. The van der Waals surface area contributed by atoms with Crippen molar-refractivity contribution >= 4 is 10.1 Å². The van der Waals surface area contributed by atoms with Crippen LogP contribution in [0.15, 0.2) is 29.2 Å². The molecule has 1 unspecified atom stereocenters. The van der Waals surface area contributed by atoms with Crippen molar-refractivity contribution in [3.05, 3.63) is 29.8 Å². The molecule has 1 fully saturated rings. The van der Waals surface area contributed by atoms with E-state index in [2.05, 4.69) is 0 Å². The highest BCUT2D eigenvalue weighted by Gasteiger charge is 2.31. The minimum absolute atomic E-state index is 0.0282. The average molecular weight is 356 g/mol. The Labute approximate surface area is 145 Å². The second-order valence-corrected chi connectivity index (χ2v) is 8.95. The molecule has 0 spiro atoms. The Balaban J connectivity index is 2.02. The predicted octanol–water partition coefficient (Wildman–Crippen LogP) is 3.66. The summed E-state index contributed by atoms with van der Waals surface area (Å²) in [7, 11) is -3.79. The molecule has 6 heteroatoms. The SMILES string of the molecule is Cc1ccc(S(=O)(=O)OC[C@@H](OC2CCCCO2)C(C)(C)C)cc1. The van der Waals surface area contributed by atoms with Crippen molar-refractivity contribution in [2.45, 2.75) is 64.2 Å². The second kappa shape index (κ2) is 7.95. The van der Waals surface area contributed by atoms with E-state index < -0.39 is 10.1 Å². The fourth-order valence-electron chi connectivity index (χ4n) is 2.42. The Bertz CT molecular complexity index is 610. The van der Waals surface area contributed by atoms with E-state index in [1.165, 1.54) is 0 Å². The molecule has 2 rings (SSSR count). The van der Waals surface area contributed by atoms with Gasteiger partial charge in [-0.3, -0.25) is 4.18 Å². The van der Waals surface area contributed by atoms with Crippen molar-refractivity contribution in [2.75, 3.05) is 13.2 Å². The third-order valence-electron chi connectivity index (χ3n) is 4.10. The summed E-state index contributed by atoms with van der Waals surface area (Å²) in [6.45, 7) is 8.57. The molecule has 5 nitrogen and oxygen atoms in total. The molecule has 1 saturated heterocycles. The van der Waals surface area contributed by atoms with E-state index in [9.17, 15) is 8.42 Å². The summed E-state index contributed by atoms with van der Waals surface area (Å²) in [4.78, 5) is 0.162. The molecule has 1 aliphatic heterocycles. The summed E-state index contributed by atoms with van der Waals surface area (Å²) >= 11 is 0. The van der Waals surface area contributed by atoms with Crippen LogP contribution in [0.5, 0.6) is 0 Å². The molecule has 1 aromatic carbocycles. The summed E-state index contributed by atoms with van der Waals surface area (Å²) in [5.74, 6) is 0. The lowest BCUT2D eigenvalue weighted by atomic mass is 9.89. The van der Waals surface area contributed by atoms with Gasteiger partial charge in [-0.05, 0) is 43.7 Å². The van der Waals surface area contributed by atoms with Gasteiger partial charge in [0.2, 0.25) is 0 Å². The van der Waals surface area contributed by atoms with Crippen molar-refractivity contribution in [1.29, 1.82) is 0 Å². The number of rotatable bonds is 6. The smallest absolute Gasteiger partial charge is 0.297 e. The first kappa shape index (κ1) is 19.4. The van der Waals surface area contributed by atoms with Gasteiger partial charge in [-0.1, -0.05) is 38.5 Å². The van der Waals surface area contributed by atoms with Crippen LogP contribution in [0.2, 0.25) is 0 Å². The van der Waals surface area contributed by atoms with E-state index >= 15 is 0 Å². The normalized spacial score (nSPS) is 20.8. The minimum atomic E-state index is -3.79. The summed E-state index contributed by atoms with van der Waals surface area (Å²) < 4.78 is 41.6. The number of hydrogen-bond donors (Lipinski definition) is 0. The van der Waals surface area contributed by atoms with E-state index in [4.69, 9.17) is 13.7 Å². The van der Waals surface area contributed by atoms with Crippen LogP contribution in [0.4, 0.5) is 0 Å². The molecule has 24 heavy (non-hydrogen) atoms. The molecule has 1 heterocycles. The molecule has 0 amide bonds. The second-order valence-electron chi connectivity index (χ2n) is 7.34. The standard InChI is InChI=1S/C18H28O5S/c1-14-8-10-15(11-9-14)24(19,20)22-13-16(18(2,3)4)23-17-7-5-6-12-21-17/h8-11,16-17H,5-7,12-13H2,1-4H3/t16-,17?/m1/s1. The maximum atomic E-state index is 12.4. The van der Waals surface area contributed by atoms with Crippen LogP contribution in [0, 0.1) is 12.3 Å². The lowest BCUT2D eigenvalue weighted by Gasteiger charge is -2.34. The van der Waals surface area contributed by atoms with Crippen LogP contribution in [0.1, 0.15) is 45.6 Å². The van der Waals surface area contributed by atoms with Crippen molar-refractivity contribution < 1.29 is 22.1 Å². The zero-order valence-electron chi connectivity index (χ0n) is 14.9. The molecule has 0 saturated carbocycles. The van der Waals surface area contributed by atoms with Crippen LogP contribution in [-0.4, -0.2) is 34.0 Å². The van der Waals surface area contributed by atoms with Crippen LogP contribution >= 0.6 is 0 Å². The third kappa shape index (κ3) is 5.55. The van der Waals surface area contributed by atoms with Crippen LogP contribution < -0.4 is 0 Å². The topological polar surface area (TPSA) is 61.8 Å². The van der Waals surface area contributed by atoms with Crippen molar-refractivity contribution in [1.82, 2.24) is 0 Å². The summed E-state index contributed by atoms with van der Waals surface area (Å²) in [5, 5.41) is 0. The van der Waals surface area contributed by atoms with E-state index in [0.29, 0.717) is 6.61 Å². The van der Waals surface area contributed by atoms with Gasteiger partial charge < -0.3 is 9.47 Å². The quantitative estimate of drug-likeness (QED) is 0.728. The molecule has 0 aliphatic carbocycles. The van der Waals surface area contributed by atoms with Gasteiger partial charge in [0, 0.05) is 6.61 Å². The van der Waals surface area contributed by atoms with Crippen molar-refractivity contribution in [3.8, 4) is 0 Å². The molecule has 0 N–H and O–H groups in total. The fraction of sp³-hybridized carbons (Fsp3) is 0.667. The molecule has 136 valence electrons. The first-order valence-corrected chi connectivity index (χ1v) is 9.82. The Hall–Kier alpha value is -0.950. The van der Waals surface area contributed by atoms with Crippen LogP contribution in [0.3, 0.4) is 0 Å². The maximum Gasteiger partial charge on any atom is 0.297 e. The van der Waals surface area contributed by atoms with Crippen LogP contribution in [0.25, 0.3) is 0 Å². The largest absolute Gasteiger partial charge is 0.353 e. The molecular weight excluding hydrogens is 328 g/mol. The molecule has 0 aromatic heterocycles. The predicted molar refractivity (Wildman–Crippen MR) is 92.2 cm³/mol. The molecule has 0 bridgehead atoms. The van der Waals surface area contributed by atoms with Gasteiger partial charge in [0.25, 0.3) is 10.1 Å². The van der Waals surface area contributed by atoms with Gasteiger partial charge in [-0.15, -0.1) is 0 Å². The van der Waals surface area contributed by atoms with Gasteiger partial charge in [-0.25, -0.2) is 0 Å². The number of hydrogen-bond acceptors (Lipinski definition) is 5. The molecule has 1 aliphatic rings. The Morgan fingerprint density at radius 2 is 1.88 bits per heavy atom. The van der Waals surface area contributed by atoms with E-state index in [1.807, 2.05) is 27.7 Å². The zero-order chi connectivity index (χ0) is 17.8. The lowest BCUT2D eigenvalue weighted by Crippen LogP contribution is -2.39. The first-order chi connectivity index (χ1) is 11.2. The van der Waals surface area contributed by atoms with E-state index in [-0.39, 0.29) is 29.3 Å². The summed E-state index contributed by atoms with van der Waals surface area (Å²) in [6, 6.07) is 6.62. The minimum Gasteiger partial charge on any atom is -0.353 e. The van der Waals surface area contributed by atoms with Gasteiger partial charge in [0.15, 0.2) is 6.29 Å². The zero-order valence-corrected chi connectivity index (χ0v) is 15.8. The number of aryl methyl sites for hydroxylation is 1. The molecular formula is C18H28O5S. The molecule has 1 aromatic rings. The van der Waals surface area contributed by atoms with Gasteiger partial charge in [-0.2, -0.15) is 8.42 Å². The lowest BCUT2D eigenvalue weighted by molar-refractivity contribution is -0.212.